The van der Waals surface area contributed by atoms with Crippen molar-refractivity contribution in [3.05, 3.63) is 69.3 Å². The second-order valence-corrected chi connectivity index (χ2v) is 4.59. The van der Waals surface area contributed by atoms with E-state index >= 15 is 0 Å². The standard InChI is InChI=1S/C15H12N2O5/c1-9-4-2-5-10(8-9)16-14(18)11-6-3-7-12(17(21)22)13(11)15(19)20/h2-8H,1H3,(H,16,18)(H,19,20). The van der Waals surface area contributed by atoms with Gasteiger partial charge in [0.25, 0.3) is 11.6 Å². The minimum Gasteiger partial charge on any atom is -0.477 e. The first kappa shape index (κ1) is 15.2. The lowest BCUT2D eigenvalue weighted by Gasteiger charge is -2.08. The molecule has 0 atom stereocenters. The molecule has 0 saturated carbocycles. The lowest BCUT2D eigenvalue weighted by atomic mass is 10.0. The second-order valence-electron chi connectivity index (χ2n) is 4.59. The van der Waals surface area contributed by atoms with Gasteiger partial charge in [-0.15, -0.1) is 0 Å². The lowest BCUT2D eigenvalue weighted by molar-refractivity contribution is -0.385. The fourth-order valence-corrected chi connectivity index (χ4v) is 2.03. The molecule has 0 aliphatic heterocycles. The summed E-state index contributed by atoms with van der Waals surface area (Å²) in [4.78, 5) is 33.6. The third-order valence-electron chi connectivity index (χ3n) is 2.97. The van der Waals surface area contributed by atoms with E-state index in [0.29, 0.717) is 5.69 Å². The van der Waals surface area contributed by atoms with Crippen molar-refractivity contribution in [1.82, 2.24) is 0 Å². The zero-order chi connectivity index (χ0) is 16.3. The Morgan fingerprint density at radius 2 is 1.86 bits per heavy atom. The zero-order valence-corrected chi connectivity index (χ0v) is 11.6. The van der Waals surface area contributed by atoms with Crippen LogP contribution in [0.3, 0.4) is 0 Å². The quantitative estimate of drug-likeness (QED) is 0.666. The first-order chi connectivity index (χ1) is 10.4. The van der Waals surface area contributed by atoms with Crippen molar-refractivity contribution in [2.24, 2.45) is 0 Å². The molecule has 1 amide bonds. The van der Waals surface area contributed by atoms with Crippen molar-refractivity contribution < 1.29 is 19.6 Å². The maximum absolute atomic E-state index is 12.2. The number of aromatic carboxylic acids is 1. The van der Waals surface area contributed by atoms with Crippen molar-refractivity contribution >= 4 is 23.3 Å². The number of rotatable bonds is 4. The summed E-state index contributed by atoms with van der Waals surface area (Å²) < 4.78 is 0. The average Bonchev–Trinajstić information content (AvgIpc) is 2.46. The van der Waals surface area contributed by atoms with Gasteiger partial charge in [0.1, 0.15) is 5.56 Å². The first-order valence-corrected chi connectivity index (χ1v) is 6.29. The molecule has 0 aromatic heterocycles. The van der Waals surface area contributed by atoms with Gasteiger partial charge in [-0.25, -0.2) is 4.79 Å². The van der Waals surface area contributed by atoms with E-state index in [1.165, 1.54) is 12.1 Å². The number of carbonyl (C=O) groups excluding carboxylic acids is 1. The van der Waals surface area contributed by atoms with Crippen LogP contribution in [0.5, 0.6) is 0 Å². The highest BCUT2D eigenvalue weighted by Crippen LogP contribution is 2.23. The van der Waals surface area contributed by atoms with E-state index < -0.39 is 28.1 Å². The number of anilines is 1. The van der Waals surface area contributed by atoms with Crippen molar-refractivity contribution in [2.45, 2.75) is 6.92 Å². The Hall–Kier alpha value is -3.22. The fraction of sp³-hybridized carbons (Fsp3) is 0.0667. The second kappa shape index (κ2) is 6.04. The molecule has 0 fully saturated rings. The molecule has 0 bridgehead atoms. The Morgan fingerprint density at radius 3 is 2.45 bits per heavy atom. The van der Waals surface area contributed by atoms with E-state index in [9.17, 15) is 24.8 Å². The van der Waals surface area contributed by atoms with Gasteiger partial charge in [0.15, 0.2) is 0 Å². The van der Waals surface area contributed by atoms with E-state index in [1.54, 1.807) is 18.2 Å². The molecule has 0 unspecified atom stereocenters. The van der Waals surface area contributed by atoms with Gasteiger partial charge in [-0.2, -0.15) is 0 Å². The number of hydrogen-bond donors (Lipinski definition) is 2. The Labute approximate surface area is 125 Å². The molecular formula is C15H12N2O5. The number of carboxylic acid groups (broad SMARTS) is 1. The summed E-state index contributed by atoms with van der Waals surface area (Å²) in [5.41, 5.74) is -0.117. The van der Waals surface area contributed by atoms with Gasteiger partial charge < -0.3 is 10.4 Å². The minimum absolute atomic E-state index is 0.261. The molecule has 0 spiro atoms. The van der Waals surface area contributed by atoms with Crippen LogP contribution >= 0.6 is 0 Å². The number of benzene rings is 2. The van der Waals surface area contributed by atoms with Crippen LogP contribution < -0.4 is 5.32 Å². The number of carboxylic acids is 1. The highest BCUT2D eigenvalue weighted by atomic mass is 16.6. The van der Waals surface area contributed by atoms with Gasteiger partial charge in [0, 0.05) is 11.8 Å². The number of nitro groups is 1. The molecule has 0 heterocycles. The van der Waals surface area contributed by atoms with E-state index in [4.69, 9.17) is 0 Å². The van der Waals surface area contributed by atoms with Crippen LogP contribution in [0.2, 0.25) is 0 Å². The van der Waals surface area contributed by atoms with Crippen molar-refractivity contribution in [2.75, 3.05) is 5.32 Å². The summed E-state index contributed by atoms with van der Waals surface area (Å²) in [5, 5.41) is 22.6. The van der Waals surface area contributed by atoms with Crippen LogP contribution in [0, 0.1) is 17.0 Å². The van der Waals surface area contributed by atoms with Gasteiger partial charge in [-0.1, -0.05) is 18.2 Å². The van der Waals surface area contributed by atoms with Crippen LogP contribution in [0.15, 0.2) is 42.5 Å². The van der Waals surface area contributed by atoms with Crippen LogP contribution in [-0.4, -0.2) is 21.9 Å². The highest BCUT2D eigenvalue weighted by molar-refractivity contribution is 6.12. The van der Waals surface area contributed by atoms with Crippen LogP contribution in [0.4, 0.5) is 11.4 Å². The molecule has 2 rings (SSSR count). The van der Waals surface area contributed by atoms with Crippen molar-refractivity contribution in [1.29, 1.82) is 0 Å². The smallest absolute Gasteiger partial charge is 0.343 e. The van der Waals surface area contributed by atoms with Gasteiger partial charge in [0.05, 0.1) is 10.5 Å². The molecule has 0 aliphatic carbocycles. The monoisotopic (exact) mass is 300 g/mol. The number of aryl methyl sites for hydroxylation is 1. The molecule has 7 heteroatoms. The van der Waals surface area contributed by atoms with Crippen LogP contribution in [0.1, 0.15) is 26.3 Å². The Morgan fingerprint density at radius 1 is 1.18 bits per heavy atom. The predicted molar refractivity (Wildman–Crippen MR) is 79.2 cm³/mol. The topological polar surface area (TPSA) is 110 Å². The molecule has 2 aromatic rings. The van der Waals surface area contributed by atoms with Crippen molar-refractivity contribution in [3.8, 4) is 0 Å². The van der Waals surface area contributed by atoms with Crippen molar-refractivity contribution in [3.63, 3.8) is 0 Å². The number of hydrogen-bond acceptors (Lipinski definition) is 4. The number of nitro benzene ring substituents is 1. The number of nitrogens with one attached hydrogen (secondary N) is 1. The summed E-state index contributed by atoms with van der Waals surface area (Å²) in [6.07, 6.45) is 0. The Balaban J connectivity index is 2.43. The summed E-state index contributed by atoms with van der Waals surface area (Å²) in [5.74, 6) is -2.24. The SMILES string of the molecule is Cc1cccc(NC(=O)c2cccc([N+](=O)[O-])c2C(=O)O)c1. The van der Waals surface area contributed by atoms with Gasteiger partial charge >= 0.3 is 5.97 Å². The molecule has 7 nitrogen and oxygen atoms in total. The highest BCUT2D eigenvalue weighted by Gasteiger charge is 2.26. The predicted octanol–water partition coefficient (Wildman–Crippen LogP) is 2.85. The summed E-state index contributed by atoms with van der Waals surface area (Å²) >= 11 is 0. The molecule has 0 radical (unpaired) electrons. The first-order valence-electron chi connectivity index (χ1n) is 6.29. The minimum atomic E-state index is -1.53. The summed E-state index contributed by atoms with van der Waals surface area (Å²) in [7, 11) is 0. The number of carbonyl (C=O) groups is 2. The largest absolute Gasteiger partial charge is 0.477 e. The molecule has 2 aromatic carbocycles. The molecule has 112 valence electrons. The lowest BCUT2D eigenvalue weighted by Crippen LogP contribution is -2.17. The summed E-state index contributed by atoms with van der Waals surface area (Å²) in [6.45, 7) is 1.84. The molecule has 22 heavy (non-hydrogen) atoms. The van der Waals surface area contributed by atoms with E-state index in [1.807, 2.05) is 13.0 Å². The molecular weight excluding hydrogens is 288 g/mol. The Kier molecular flexibility index (Phi) is 4.17. The number of nitrogens with zero attached hydrogens (tertiary/aromatic N) is 1. The third kappa shape index (κ3) is 3.09. The van der Waals surface area contributed by atoms with E-state index in [-0.39, 0.29) is 5.56 Å². The van der Waals surface area contributed by atoms with Gasteiger partial charge in [0.2, 0.25) is 0 Å². The van der Waals surface area contributed by atoms with Gasteiger partial charge in [-0.05, 0) is 30.7 Å². The number of amides is 1. The van der Waals surface area contributed by atoms with Crippen LogP contribution in [-0.2, 0) is 0 Å². The molecule has 0 saturated heterocycles. The third-order valence-corrected chi connectivity index (χ3v) is 2.97. The molecule has 0 aliphatic rings. The van der Waals surface area contributed by atoms with Gasteiger partial charge in [-0.3, -0.25) is 14.9 Å². The van der Waals surface area contributed by atoms with E-state index in [0.717, 1.165) is 11.6 Å². The maximum atomic E-state index is 12.2. The Bertz CT molecular complexity index is 770. The molecule has 2 N–H and O–H groups in total. The zero-order valence-electron chi connectivity index (χ0n) is 11.6. The maximum Gasteiger partial charge on any atom is 0.343 e. The van der Waals surface area contributed by atoms with E-state index in [2.05, 4.69) is 5.32 Å². The average molecular weight is 300 g/mol. The summed E-state index contributed by atoms with van der Waals surface area (Å²) in [6, 6.07) is 10.5. The fourth-order valence-electron chi connectivity index (χ4n) is 2.03. The van der Waals surface area contributed by atoms with Crippen LogP contribution in [0.25, 0.3) is 0 Å². The normalized spacial score (nSPS) is 10.0.